The van der Waals surface area contributed by atoms with E-state index in [0.29, 0.717) is 11.5 Å². The Bertz CT molecular complexity index is 380. The van der Waals surface area contributed by atoms with Gasteiger partial charge in [-0.3, -0.25) is 4.79 Å². The standard InChI is InChI=1S/C13H23N3O2/c1-12(2)4-9-5-13(3,7-12)8-16(9)10(17)6-15-11(14)18/h9H,4-8H2,1-3H3,(H3,14,15,18). The highest BCUT2D eigenvalue weighted by Gasteiger charge is 2.50. The zero-order chi connectivity index (χ0) is 13.6. The second-order valence-corrected chi connectivity index (χ2v) is 6.95. The molecule has 2 atom stereocenters. The minimum atomic E-state index is -0.642. The van der Waals surface area contributed by atoms with E-state index in [1.54, 1.807) is 0 Å². The predicted octanol–water partition coefficient (Wildman–Crippen LogP) is 1.08. The van der Waals surface area contributed by atoms with E-state index in [2.05, 4.69) is 26.1 Å². The van der Waals surface area contributed by atoms with Gasteiger partial charge < -0.3 is 16.0 Å². The number of carbonyl (C=O) groups is 2. The van der Waals surface area contributed by atoms with Crippen molar-refractivity contribution >= 4 is 11.9 Å². The molecule has 1 aliphatic heterocycles. The summed E-state index contributed by atoms with van der Waals surface area (Å²) < 4.78 is 0. The van der Waals surface area contributed by atoms with Crippen LogP contribution in [0.25, 0.3) is 0 Å². The Hall–Kier alpha value is -1.26. The average molecular weight is 253 g/mol. The monoisotopic (exact) mass is 253 g/mol. The second kappa shape index (κ2) is 4.14. The van der Waals surface area contributed by atoms with Gasteiger partial charge in [0.15, 0.2) is 0 Å². The third-order valence-corrected chi connectivity index (χ3v) is 4.15. The Labute approximate surface area is 108 Å². The topological polar surface area (TPSA) is 75.4 Å². The minimum Gasteiger partial charge on any atom is -0.352 e. The van der Waals surface area contributed by atoms with Gasteiger partial charge in [0.25, 0.3) is 0 Å². The number of hydrogen-bond acceptors (Lipinski definition) is 2. The molecule has 2 unspecified atom stereocenters. The number of rotatable bonds is 2. The quantitative estimate of drug-likeness (QED) is 0.772. The van der Waals surface area contributed by atoms with Gasteiger partial charge in [-0.15, -0.1) is 0 Å². The maximum atomic E-state index is 12.1. The molecule has 3 amide bonds. The molecule has 2 aliphatic rings. The molecule has 2 fully saturated rings. The van der Waals surface area contributed by atoms with Crippen molar-refractivity contribution in [3.8, 4) is 0 Å². The third kappa shape index (κ3) is 2.60. The number of nitrogens with one attached hydrogen (secondary N) is 1. The first-order valence-corrected chi connectivity index (χ1v) is 6.54. The molecule has 102 valence electrons. The molecular weight excluding hydrogens is 230 g/mol. The van der Waals surface area contributed by atoms with Crippen LogP contribution in [0.4, 0.5) is 4.79 Å². The van der Waals surface area contributed by atoms with Crippen LogP contribution >= 0.6 is 0 Å². The third-order valence-electron chi connectivity index (χ3n) is 4.15. The van der Waals surface area contributed by atoms with Crippen molar-refractivity contribution < 1.29 is 9.59 Å². The van der Waals surface area contributed by atoms with Gasteiger partial charge in [-0.1, -0.05) is 20.8 Å². The first kappa shape index (κ1) is 13.2. The van der Waals surface area contributed by atoms with Gasteiger partial charge in [-0.25, -0.2) is 4.79 Å². The molecule has 1 heterocycles. The van der Waals surface area contributed by atoms with Gasteiger partial charge in [0, 0.05) is 12.6 Å². The number of likely N-dealkylation sites (tertiary alicyclic amines) is 1. The SMILES string of the molecule is CC1(C)CC2CC(C)(CN2C(=O)CNC(N)=O)C1. The summed E-state index contributed by atoms with van der Waals surface area (Å²) >= 11 is 0. The molecule has 0 aromatic heterocycles. The van der Waals surface area contributed by atoms with Crippen LogP contribution < -0.4 is 11.1 Å². The second-order valence-electron chi connectivity index (χ2n) is 6.95. The number of urea groups is 1. The fraction of sp³-hybridized carbons (Fsp3) is 0.846. The summed E-state index contributed by atoms with van der Waals surface area (Å²) in [6, 6.07) is -0.321. The van der Waals surface area contributed by atoms with Gasteiger partial charge in [0.05, 0.1) is 6.54 Å². The first-order valence-electron chi connectivity index (χ1n) is 6.54. The van der Waals surface area contributed by atoms with Crippen LogP contribution in [0.2, 0.25) is 0 Å². The maximum Gasteiger partial charge on any atom is 0.312 e. The summed E-state index contributed by atoms with van der Waals surface area (Å²) in [5.41, 5.74) is 5.52. The molecular formula is C13H23N3O2. The number of nitrogens with two attached hydrogens (primary N) is 1. The molecule has 1 saturated carbocycles. The Kier molecular flexibility index (Phi) is 3.03. The fourth-order valence-electron chi connectivity index (χ4n) is 4.02. The number of nitrogens with zero attached hydrogens (tertiary/aromatic N) is 1. The average Bonchev–Trinajstić information content (AvgIpc) is 2.44. The van der Waals surface area contributed by atoms with E-state index in [4.69, 9.17) is 5.73 Å². The molecule has 0 aromatic rings. The Morgan fingerprint density at radius 3 is 2.61 bits per heavy atom. The van der Waals surface area contributed by atoms with Crippen LogP contribution in [0.15, 0.2) is 0 Å². The van der Waals surface area contributed by atoms with Crippen LogP contribution in [0.3, 0.4) is 0 Å². The van der Waals surface area contributed by atoms with Gasteiger partial charge in [0.2, 0.25) is 5.91 Å². The highest BCUT2D eigenvalue weighted by molar-refractivity contribution is 5.83. The molecule has 2 bridgehead atoms. The van der Waals surface area contributed by atoms with Crippen molar-refractivity contribution in [2.24, 2.45) is 16.6 Å². The van der Waals surface area contributed by atoms with Crippen molar-refractivity contribution in [2.75, 3.05) is 13.1 Å². The largest absolute Gasteiger partial charge is 0.352 e. The van der Waals surface area contributed by atoms with Gasteiger partial charge in [0.1, 0.15) is 0 Å². The zero-order valence-corrected chi connectivity index (χ0v) is 11.5. The lowest BCUT2D eigenvalue weighted by Gasteiger charge is -2.39. The Balaban J connectivity index is 2.04. The summed E-state index contributed by atoms with van der Waals surface area (Å²) in [4.78, 5) is 24.7. The maximum absolute atomic E-state index is 12.1. The lowest BCUT2D eigenvalue weighted by Crippen LogP contribution is -2.44. The normalized spacial score (nSPS) is 33.3. The Morgan fingerprint density at radius 1 is 1.33 bits per heavy atom. The first-order chi connectivity index (χ1) is 8.21. The molecule has 1 aliphatic carbocycles. The van der Waals surface area contributed by atoms with Gasteiger partial charge >= 0.3 is 6.03 Å². The summed E-state index contributed by atoms with van der Waals surface area (Å²) in [7, 11) is 0. The summed E-state index contributed by atoms with van der Waals surface area (Å²) in [6.07, 6.45) is 3.28. The number of hydrogen-bond donors (Lipinski definition) is 2. The molecule has 1 saturated heterocycles. The smallest absolute Gasteiger partial charge is 0.312 e. The number of carbonyl (C=O) groups excluding carboxylic acids is 2. The number of amides is 3. The molecule has 0 spiro atoms. The lowest BCUT2D eigenvalue weighted by atomic mass is 9.65. The van der Waals surface area contributed by atoms with Crippen molar-refractivity contribution in [3.63, 3.8) is 0 Å². The molecule has 0 radical (unpaired) electrons. The van der Waals surface area contributed by atoms with Crippen molar-refractivity contribution in [2.45, 2.75) is 46.1 Å². The van der Waals surface area contributed by atoms with E-state index in [9.17, 15) is 9.59 Å². The van der Waals surface area contributed by atoms with Gasteiger partial charge in [-0.05, 0) is 30.1 Å². The molecule has 5 nitrogen and oxygen atoms in total. The molecule has 18 heavy (non-hydrogen) atoms. The fourth-order valence-corrected chi connectivity index (χ4v) is 4.02. The van der Waals surface area contributed by atoms with E-state index in [0.717, 1.165) is 25.8 Å². The van der Waals surface area contributed by atoms with Crippen LogP contribution in [0, 0.1) is 10.8 Å². The number of fused-ring (bicyclic) bond motifs is 2. The van der Waals surface area contributed by atoms with E-state index in [-0.39, 0.29) is 17.9 Å². The van der Waals surface area contributed by atoms with E-state index in [1.165, 1.54) is 0 Å². The minimum absolute atomic E-state index is 0.0137. The zero-order valence-electron chi connectivity index (χ0n) is 11.5. The van der Waals surface area contributed by atoms with E-state index in [1.807, 2.05) is 4.90 Å². The number of primary amides is 1. The predicted molar refractivity (Wildman–Crippen MR) is 68.8 cm³/mol. The van der Waals surface area contributed by atoms with Crippen LogP contribution in [-0.2, 0) is 4.79 Å². The molecule has 5 heteroatoms. The summed E-state index contributed by atoms with van der Waals surface area (Å²) in [5, 5.41) is 2.38. The molecule has 0 aromatic carbocycles. The summed E-state index contributed by atoms with van der Waals surface area (Å²) in [6.45, 7) is 7.62. The van der Waals surface area contributed by atoms with Crippen LogP contribution in [0.1, 0.15) is 40.0 Å². The Morgan fingerprint density at radius 2 is 2.00 bits per heavy atom. The lowest BCUT2D eigenvalue weighted by molar-refractivity contribution is -0.131. The van der Waals surface area contributed by atoms with E-state index >= 15 is 0 Å². The van der Waals surface area contributed by atoms with E-state index < -0.39 is 6.03 Å². The highest BCUT2D eigenvalue weighted by atomic mass is 16.2. The molecule has 3 N–H and O–H groups in total. The van der Waals surface area contributed by atoms with Gasteiger partial charge in [-0.2, -0.15) is 0 Å². The van der Waals surface area contributed by atoms with Crippen molar-refractivity contribution in [1.82, 2.24) is 10.2 Å². The van der Waals surface area contributed by atoms with Crippen LogP contribution in [0.5, 0.6) is 0 Å². The molecule has 2 rings (SSSR count). The summed E-state index contributed by atoms with van der Waals surface area (Å²) in [5.74, 6) is -0.0137. The van der Waals surface area contributed by atoms with Crippen LogP contribution in [-0.4, -0.2) is 36.0 Å². The highest BCUT2D eigenvalue weighted by Crippen LogP contribution is 2.52. The van der Waals surface area contributed by atoms with Crippen molar-refractivity contribution in [3.05, 3.63) is 0 Å². The van der Waals surface area contributed by atoms with Crippen molar-refractivity contribution in [1.29, 1.82) is 0 Å².